The Labute approximate surface area is 135 Å². The monoisotopic (exact) mass is 370 g/mol. The molecular formula is C14H15BrN2O3S. The molecule has 5 nitrogen and oxygen atoms in total. The Morgan fingerprint density at radius 1 is 1.38 bits per heavy atom. The van der Waals surface area contributed by atoms with Crippen molar-refractivity contribution < 1.29 is 9.66 Å². The number of nitrogens with one attached hydrogen (secondary N) is 1. The molecule has 2 aromatic rings. The van der Waals surface area contributed by atoms with Gasteiger partial charge in [-0.25, -0.2) is 0 Å². The van der Waals surface area contributed by atoms with Crippen LogP contribution >= 0.6 is 27.3 Å². The van der Waals surface area contributed by atoms with E-state index in [1.54, 1.807) is 29.5 Å². The van der Waals surface area contributed by atoms with Crippen molar-refractivity contribution in [3.05, 3.63) is 49.1 Å². The average Bonchev–Trinajstić information content (AvgIpc) is 2.81. The van der Waals surface area contributed by atoms with Crippen LogP contribution in [-0.2, 0) is 6.54 Å². The van der Waals surface area contributed by atoms with Crippen molar-refractivity contribution in [2.45, 2.75) is 26.5 Å². The van der Waals surface area contributed by atoms with Crippen LogP contribution in [-0.4, -0.2) is 11.0 Å². The van der Waals surface area contributed by atoms with Gasteiger partial charge in [-0.05, 0) is 54.0 Å². The lowest BCUT2D eigenvalue weighted by atomic mass is 10.2. The lowest BCUT2D eigenvalue weighted by Gasteiger charge is -2.12. The van der Waals surface area contributed by atoms with Crippen LogP contribution < -0.4 is 10.1 Å². The topological polar surface area (TPSA) is 64.4 Å². The van der Waals surface area contributed by atoms with Crippen LogP contribution in [0.25, 0.3) is 0 Å². The Morgan fingerprint density at radius 2 is 2.14 bits per heavy atom. The van der Waals surface area contributed by atoms with E-state index >= 15 is 0 Å². The van der Waals surface area contributed by atoms with E-state index < -0.39 is 4.92 Å². The zero-order chi connectivity index (χ0) is 15.4. The zero-order valence-electron chi connectivity index (χ0n) is 11.6. The molecule has 0 aliphatic rings. The molecule has 0 bridgehead atoms. The molecule has 0 atom stereocenters. The maximum Gasteiger partial charge on any atom is 0.333 e. The fourth-order valence-corrected chi connectivity index (χ4v) is 3.25. The van der Waals surface area contributed by atoms with E-state index in [4.69, 9.17) is 4.74 Å². The maximum absolute atomic E-state index is 11.3. The van der Waals surface area contributed by atoms with E-state index in [1.165, 1.54) is 0 Å². The molecule has 0 unspecified atom stereocenters. The SMILES string of the molecule is CC(C)Oc1cccc(NCc2ccc(Br)s2)c1[N+](=O)[O-]. The predicted octanol–water partition coefficient (Wildman–Crippen LogP) is 4.82. The third kappa shape index (κ3) is 4.18. The van der Waals surface area contributed by atoms with E-state index in [-0.39, 0.29) is 17.5 Å². The van der Waals surface area contributed by atoms with E-state index in [2.05, 4.69) is 21.2 Å². The molecular weight excluding hydrogens is 356 g/mol. The molecule has 0 radical (unpaired) electrons. The fourth-order valence-electron chi connectivity index (χ4n) is 1.83. The van der Waals surface area contributed by atoms with Gasteiger partial charge in [0.15, 0.2) is 5.75 Å². The third-order valence-corrected chi connectivity index (χ3v) is 4.25. The molecule has 1 N–H and O–H groups in total. The van der Waals surface area contributed by atoms with Crippen LogP contribution in [0, 0.1) is 10.1 Å². The molecule has 0 saturated carbocycles. The summed E-state index contributed by atoms with van der Waals surface area (Å²) in [6, 6.07) is 8.98. The number of hydrogen-bond donors (Lipinski definition) is 1. The van der Waals surface area contributed by atoms with Gasteiger partial charge in [0.05, 0.1) is 14.8 Å². The summed E-state index contributed by atoms with van der Waals surface area (Å²) in [5.74, 6) is 0.285. The van der Waals surface area contributed by atoms with Crippen molar-refractivity contribution in [2.75, 3.05) is 5.32 Å². The normalized spacial score (nSPS) is 10.7. The number of hydrogen-bond acceptors (Lipinski definition) is 5. The number of nitrogens with zero attached hydrogens (tertiary/aromatic N) is 1. The van der Waals surface area contributed by atoms with Crippen molar-refractivity contribution in [1.29, 1.82) is 0 Å². The van der Waals surface area contributed by atoms with Gasteiger partial charge in [0.25, 0.3) is 0 Å². The number of halogens is 1. The van der Waals surface area contributed by atoms with Crippen molar-refractivity contribution in [1.82, 2.24) is 0 Å². The van der Waals surface area contributed by atoms with Crippen molar-refractivity contribution >= 4 is 38.6 Å². The van der Waals surface area contributed by atoms with Crippen molar-refractivity contribution in [3.8, 4) is 5.75 Å². The number of anilines is 1. The number of nitro benzene ring substituents is 1. The second-order valence-corrected chi connectivity index (χ2v) is 7.18. The van der Waals surface area contributed by atoms with Crippen molar-refractivity contribution in [3.63, 3.8) is 0 Å². The van der Waals surface area contributed by atoms with Gasteiger partial charge in [0, 0.05) is 11.4 Å². The van der Waals surface area contributed by atoms with Crippen LogP contribution in [0.2, 0.25) is 0 Å². The number of ether oxygens (including phenoxy) is 1. The molecule has 2 rings (SSSR count). The lowest BCUT2D eigenvalue weighted by Crippen LogP contribution is -2.09. The molecule has 7 heteroatoms. The smallest absolute Gasteiger partial charge is 0.333 e. The van der Waals surface area contributed by atoms with Crippen LogP contribution in [0.1, 0.15) is 18.7 Å². The van der Waals surface area contributed by atoms with Crippen molar-refractivity contribution in [2.24, 2.45) is 0 Å². The summed E-state index contributed by atoms with van der Waals surface area (Å²) >= 11 is 4.99. The van der Waals surface area contributed by atoms with Gasteiger partial charge >= 0.3 is 5.69 Å². The first-order chi connectivity index (χ1) is 9.97. The van der Waals surface area contributed by atoms with Gasteiger partial charge in [0.1, 0.15) is 5.69 Å². The molecule has 0 saturated heterocycles. The van der Waals surface area contributed by atoms with Gasteiger partial charge in [-0.1, -0.05) is 6.07 Å². The largest absolute Gasteiger partial charge is 0.484 e. The number of rotatable bonds is 6. The Balaban J connectivity index is 2.23. The highest BCUT2D eigenvalue weighted by Crippen LogP contribution is 2.36. The maximum atomic E-state index is 11.3. The highest BCUT2D eigenvalue weighted by atomic mass is 79.9. The van der Waals surface area contributed by atoms with Gasteiger partial charge in [-0.2, -0.15) is 0 Å². The van der Waals surface area contributed by atoms with E-state index in [0.29, 0.717) is 12.2 Å². The van der Waals surface area contributed by atoms with Gasteiger partial charge in [0.2, 0.25) is 0 Å². The first-order valence-electron chi connectivity index (χ1n) is 6.39. The lowest BCUT2D eigenvalue weighted by molar-refractivity contribution is -0.385. The van der Waals surface area contributed by atoms with Gasteiger partial charge in [-0.3, -0.25) is 10.1 Å². The number of para-hydroxylation sites is 1. The molecule has 0 aliphatic heterocycles. The summed E-state index contributed by atoms with van der Waals surface area (Å²) in [4.78, 5) is 12.0. The molecule has 0 spiro atoms. The molecule has 112 valence electrons. The predicted molar refractivity (Wildman–Crippen MR) is 88.2 cm³/mol. The minimum Gasteiger partial charge on any atom is -0.484 e. The number of benzene rings is 1. The zero-order valence-corrected chi connectivity index (χ0v) is 14.0. The Hall–Kier alpha value is -1.60. The molecule has 0 fully saturated rings. The summed E-state index contributed by atoms with van der Waals surface area (Å²) in [5.41, 5.74) is 0.435. The molecule has 1 aromatic heterocycles. The fraction of sp³-hybridized carbons (Fsp3) is 0.286. The average molecular weight is 371 g/mol. The van der Waals surface area contributed by atoms with Crippen LogP contribution in [0.3, 0.4) is 0 Å². The summed E-state index contributed by atoms with van der Waals surface area (Å²) in [7, 11) is 0. The Kier molecular flexibility index (Phi) is 5.19. The number of nitro groups is 1. The van der Waals surface area contributed by atoms with E-state index in [9.17, 15) is 10.1 Å². The quantitative estimate of drug-likeness (QED) is 0.584. The van der Waals surface area contributed by atoms with Gasteiger partial charge < -0.3 is 10.1 Å². The molecule has 1 heterocycles. The first-order valence-corrected chi connectivity index (χ1v) is 8.00. The summed E-state index contributed by atoms with van der Waals surface area (Å²) in [6.45, 7) is 4.21. The molecule has 0 amide bonds. The van der Waals surface area contributed by atoms with Crippen LogP contribution in [0.5, 0.6) is 5.75 Å². The highest BCUT2D eigenvalue weighted by Gasteiger charge is 2.21. The minimum absolute atomic E-state index is 0.0261. The highest BCUT2D eigenvalue weighted by molar-refractivity contribution is 9.11. The summed E-state index contributed by atoms with van der Waals surface area (Å²) in [5, 5.41) is 14.4. The standard InChI is InChI=1S/C14H15BrN2O3S/c1-9(2)20-12-5-3-4-11(14(12)17(18)19)16-8-10-6-7-13(15)21-10/h3-7,9,16H,8H2,1-2H3. The Bertz CT molecular complexity index is 643. The first kappa shape index (κ1) is 15.8. The minimum atomic E-state index is -0.412. The van der Waals surface area contributed by atoms with E-state index in [1.807, 2.05) is 26.0 Å². The van der Waals surface area contributed by atoms with Gasteiger partial charge in [-0.15, -0.1) is 11.3 Å². The van der Waals surface area contributed by atoms with Crippen LogP contribution in [0.4, 0.5) is 11.4 Å². The summed E-state index contributed by atoms with van der Waals surface area (Å²) in [6.07, 6.45) is -0.118. The Morgan fingerprint density at radius 3 is 2.71 bits per heavy atom. The summed E-state index contributed by atoms with van der Waals surface area (Å²) < 4.78 is 6.55. The molecule has 0 aliphatic carbocycles. The molecule has 21 heavy (non-hydrogen) atoms. The van der Waals surface area contributed by atoms with Crippen LogP contribution in [0.15, 0.2) is 34.1 Å². The van der Waals surface area contributed by atoms with E-state index in [0.717, 1.165) is 8.66 Å². The third-order valence-electron chi connectivity index (χ3n) is 2.63. The molecule has 1 aromatic carbocycles. The number of thiophene rings is 1. The second-order valence-electron chi connectivity index (χ2n) is 4.64. The second kappa shape index (κ2) is 6.91.